The molecular weight excluding hydrogens is 302 g/mol. The predicted molar refractivity (Wildman–Crippen MR) is 95.0 cm³/mol. The highest BCUT2D eigenvalue weighted by Crippen LogP contribution is 2.19. The topological polar surface area (TPSA) is 66.5 Å². The first-order valence-electron chi connectivity index (χ1n) is 8.47. The summed E-state index contributed by atoms with van der Waals surface area (Å²) in [4.78, 5) is 2.22. The van der Waals surface area contributed by atoms with Crippen molar-refractivity contribution in [1.82, 2.24) is 19.8 Å². The molecule has 3 aromatic rings. The van der Waals surface area contributed by atoms with Gasteiger partial charge < -0.3 is 10.0 Å². The Bertz CT molecular complexity index is 763. The third-order valence-corrected chi connectivity index (χ3v) is 3.97. The lowest BCUT2D eigenvalue weighted by molar-refractivity contribution is 0.289. The zero-order valence-electron chi connectivity index (χ0n) is 14.0. The van der Waals surface area contributed by atoms with Crippen molar-refractivity contribution in [3.8, 4) is 11.4 Å². The molecule has 0 bridgehead atoms. The molecule has 0 amide bonds. The molecule has 0 fully saturated rings. The molecule has 0 aliphatic heterocycles. The average Bonchev–Trinajstić information content (AvgIpc) is 3.06. The highest BCUT2D eigenvalue weighted by Gasteiger charge is 2.13. The van der Waals surface area contributed by atoms with E-state index in [1.165, 1.54) is 0 Å². The van der Waals surface area contributed by atoms with Gasteiger partial charge in [-0.2, -0.15) is 4.52 Å². The first-order chi connectivity index (χ1) is 11.8. The van der Waals surface area contributed by atoms with Crippen LogP contribution in [-0.4, -0.2) is 44.6 Å². The summed E-state index contributed by atoms with van der Waals surface area (Å²) in [5.41, 5.74) is 1.72. The van der Waals surface area contributed by atoms with Crippen LogP contribution in [0.25, 0.3) is 17.0 Å². The number of hydrogen-bond donors (Lipinski definition) is 1. The molecule has 6 heteroatoms. The van der Waals surface area contributed by atoms with Crippen molar-refractivity contribution in [1.29, 1.82) is 0 Å². The zero-order chi connectivity index (χ0) is 16.8. The van der Waals surface area contributed by atoms with Crippen molar-refractivity contribution in [3.63, 3.8) is 0 Å². The second-order valence-electron chi connectivity index (χ2n) is 5.77. The van der Waals surface area contributed by atoms with E-state index < -0.39 is 0 Å². The maximum Gasteiger partial charge on any atom is 0.185 e. The number of unbranched alkanes of at least 4 members (excludes halogenated alkanes) is 1. The molecule has 0 spiro atoms. The van der Waals surface area contributed by atoms with Gasteiger partial charge in [-0.3, -0.25) is 0 Å². The van der Waals surface area contributed by atoms with Gasteiger partial charge in [-0.1, -0.05) is 43.7 Å². The fourth-order valence-corrected chi connectivity index (χ4v) is 2.67. The number of benzene rings is 1. The lowest BCUT2D eigenvalue weighted by atomic mass is 10.2. The van der Waals surface area contributed by atoms with Crippen molar-refractivity contribution in [2.75, 3.05) is 24.6 Å². The fourth-order valence-electron chi connectivity index (χ4n) is 2.67. The Morgan fingerprint density at radius 1 is 1.00 bits per heavy atom. The van der Waals surface area contributed by atoms with Gasteiger partial charge in [-0.05, 0) is 25.0 Å². The molecule has 0 unspecified atom stereocenters. The van der Waals surface area contributed by atoms with Crippen molar-refractivity contribution in [2.45, 2.75) is 26.2 Å². The summed E-state index contributed by atoms with van der Waals surface area (Å²) >= 11 is 0. The van der Waals surface area contributed by atoms with E-state index in [4.69, 9.17) is 10.2 Å². The van der Waals surface area contributed by atoms with Crippen LogP contribution in [0.3, 0.4) is 0 Å². The van der Waals surface area contributed by atoms with Crippen molar-refractivity contribution >= 4 is 11.5 Å². The van der Waals surface area contributed by atoms with Gasteiger partial charge in [-0.25, -0.2) is 0 Å². The maximum absolute atomic E-state index is 9.15. The molecule has 126 valence electrons. The Morgan fingerprint density at radius 2 is 1.79 bits per heavy atom. The first-order valence-corrected chi connectivity index (χ1v) is 8.47. The second kappa shape index (κ2) is 7.88. The average molecular weight is 325 g/mol. The number of aromatic nitrogens is 4. The Morgan fingerprint density at radius 3 is 2.54 bits per heavy atom. The molecule has 0 aliphatic carbocycles. The third-order valence-electron chi connectivity index (χ3n) is 3.97. The maximum atomic E-state index is 9.15. The molecule has 0 saturated carbocycles. The molecule has 0 aliphatic rings. The highest BCUT2D eigenvalue weighted by atomic mass is 16.3. The number of hydrogen-bond acceptors (Lipinski definition) is 5. The number of rotatable bonds is 8. The molecular formula is C18H23N5O. The van der Waals surface area contributed by atoms with Crippen LogP contribution < -0.4 is 4.90 Å². The van der Waals surface area contributed by atoms with Gasteiger partial charge in [-0.15, -0.1) is 15.3 Å². The monoisotopic (exact) mass is 325 g/mol. The molecule has 0 radical (unpaired) electrons. The second-order valence-corrected chi connectivity index (χ2v) is 5.77. The van der Waals surface area contributed by atoms with Crippen molar-refractivity contribution in [3.05, 3.63) is 42.5 Å². The van der Waals surface area contributed by atoms with E-state index in [0.29, 0.717) is 0 Å². The summed E-state index contributed by atoms with van der Waals surface area (Å²) in [5, 5.41) is 22.4. The van der Waals surface area contributed by atoms with E-state index in [1.807, 2.05) is 42.5 Å². The fraction of sp³-hybridized carbons (Fsp3) is 0.389. The molecule has 2 aromatic heterocycles. The number of nitrogens with zero attached hydrogens (tertiary/aromatic N) is 5. The summed E-state index contributed by atoms with van der Waals surface area (Å²) in [7, 11) is 0. The third kappa shape index (κ3) is 3.54. The van der Waals surface area contributed by atoms with E-state index in [1.54, 1.807) is 4.52 Å². The molecule has 0 saturated heterocycles. The highest BCUT2D eigenvalue weighted by molar-refractivity contribution is 5.59. The quantitative estimate of drug-likeness (QED) is 0.690. The summed E-state index contributed by atoms with van der Waals surface area (Å²) < 4.78 is 1.79. The van der Waals surface area contributed by atoms with Crippen LogP contribution in [0.2, 0.25) is 0 Å². The summed E-state index contributed by atoms with van der Waals surface area (Å²) in [6, 6.07) is 13.9. The van der Waals surface area contributed by atoms with Crippen LogP contribution in [0.4, 0.5) is 5.82 Å². The van der Waals surface area contributed by atoms with Gasteiger partial charge in [0.15, 0.2) is 11.5 Å². The smallest absolute Gasteiger partial charge is 0.185 e. The normalized spacial score (nSPS) is 11.1. The number of anilines is 1. The van der Waals surface area contributed by atoms with Gasteiger partial charge in [0.1, 0.15) is 5.82 Å². The summed E-state index contributed by atoms with van der Waals surface area (Å²) in [6.45, 7) is 4.08. The molecule has 24 heavy (non-hydrogen) atoms. The van der Waals surface area contributed by atoms with E-state index in [0.717, 1.165) is 55.2 Å². The van der Waals surface area contributed by atoms with Gasteiger partial charge in [0.05, 0.1) is 0 Å². The van der Waals surface area contributed by atoms with E-state index in [-0.39, 0.29) is 6.61 Å². The summed E-state index contributed by atoms with van der Waals surface area (Å²) in [5.74, 6) is 1.63. The van der Waals surface area contributed by atoms with E-state index >= 15 is 0 Å². The van der Waals surface area contributed by atoms with Crippen molar-refractivity contribution < 1.29 is 5.11 Å². The minimum absolute atomic E-state index is 0.187. The summed E-state index contributed by atoms with van der Waals surface area (Å²) in [6.07, 6.45) is 2.95. The first kappa shape index (κ1) is 16.4. The Hall–Kier alpha value is -2.47. The Labute approximate surface area is 141 Å². The van der Waals surface area contributed by atoms with Crippen molar-refractivity contribution in [2.24, 2.45) is 0 Å². The largest absolute Gasteiger partial charge is 0.396 e. The van der Waals surface area contributed by atoms with Crippen LogP contribution in [0.15, 0.2) is 42.5 Å². The van der Waals surface area contributed by atoms with Gasteiger partial charge >= 0.3 is 0 Å². The zero-order valence-corrected chi connectivity index (χ0v) is 14.0. The minimum Gasteiger partial charge on any atom is -0.396 e. The Balaban J connectivity index is 1.96. The van der Waals surface area contributed by atoms with Crippen LogP contribution in [0.1, 0.15) is 26.2 Å². The lowest BCUT2D eigenvalue weighted by Crippen LogP contribution is -2.27. The van der Waals surface area contributed by atoms with Gasteiger partial charge in [0.2, 0.25) is 0 Å². The molecule has 0 atom stereocenters. The molecule has 6 nitrogen and oxygen atoms in total. The predicted octanol–water partition coefficient (Wildman–Crippen LogP) is 2.78. The standard InChI is InChI=1S/C18H23N5O/c1-2-3-12-22(13-7-14-24)17-11-10-16-19-20-18(23(16)21-17)15-8-5-4-6-9-15/h4-6,8-11,24H,2-3,7,12-14H2,1H3. The van der Waals surface area contributed by atoms with Crippen LogP contribution in [0, 0.1) is 0 Å². The van der Waals surface area contributed by atoms with Crippen LogP contribution >= 0.6 is 0 Å². The lowest BCUT2D eigenvalue weighted by Gasteiger charge is -2.23. The van der Waals surface area contributed by atoms with E-state index in [2.05, 4.69) is 22.0 Å². The minimum atomic E-state index is 0.187. The van der Waals surface area contributed by atoms with E-state index in [9.17, 15) is 0 Å². The SMILES string of the molecule is CCCCN(CCCO)c1ccc2nnc(-c3ccccc3)n2n1. The van der Waals surface area contributed by atoms with Crippen LogP contribution in [-0.2, 0) is 0 Å². The van der Waals surface area contributed by atoms with Crippen LogP contribution in [0.5, 0.6) is 0 Å². The molecule has 1 N–H and O–H groups in total. The molecule has 3 rings (SSSR count). The molecule has 1 aromatic carbocycles. The number of aliphatic hydroxyl groups excluding tert-OH is 1. The number of aliphatic hydroxyl groups is 1. The Kier molecular flexibility index (Phi) is 5.38. The van der Waals surface area contributed by atoms with Gasteiger partial charge in [0.25, 0.3) is 0 Å². The molecule has 2 heterocycles. The van der Waals surface area contributed by atoms with Gasteiger partial charge in [0, 0.05) is 25.3 Å². The number of fused-ring (bicyclic) bond motifs is 1.